The highest BCUT2D eigenvalue weighted by Gasteiger charge is 2.23. The van der Waals surface area contributed by atoms with Gasteiger partial charge in [0.25, 0.3) is 0 Å². The van der Waals surface area contributed by atoms with Crippen LogP contribution in [-0.4, -0.2) is 36.9 Å². The fourth-order valence-electron chi connectivity index (χ4n) is 3.34. The van der Waals surface area contributed by atoms with E-state index in [1.807, 2.05) is 19.9 Å². The fraction of sp³-hybridized carbons (Fsp3) is 0.286. The summed E-state index contributed by atoms with van der Waals surface area (Å²) in [6, 6.07) is 12.7. The van der Waals surface area contributed by atoms with Gasteiger partial charge >= 0.3 is 0 Å². The average molecular weight is 402 g/mol. The molecule has 0 aliphatic carbocycles. The third-order valence-corrected chi connectivity index (χ3v) is 6.46. The molecule has 0 radical (unpaired) electrons. The molecule has 7 heteroatoms. The summed E-state index contributed by atoms with van der Waals surface area (Å²) in [5, 5.41) is 0.561. The highest BCUT2D eigenvalue weighted by Crippen LogP contribution is 2.28. The number of halogens is 1. The largest absolute Gasteiger partial charge is 0.342 e. The van der Waals surface area contributed by atoms with Crippen LogP contribution in [0.5, 0.6) is 0 Å². The van der Waals surface area contributed by atoms with Gasteiger partial charge in [-0.05, 0) is 37.6 Å². The molecule has 1 amide bonds. The molecular weight excluding hydrogens is 379 g/mol. The van der Waals surface area contributed by atoms with Crippen molar-refractivity contribution in [2.75, 3.05) is 13.1 Å². The quantitative estimate of drug-likeness (QED) is 0.606. The zero-order valence-electron chi connectivity index (χ0n) is 15.9. The Kier molecular flexibility index (Phi) is 5.84. The first-order chi connectivity index (χ1) is 13.4. The first-order valence-corrected chi connectivity index (χ1v) is 10.8. The Morgan fingerprint density at radius 2 is 1.79 bits per heavy atom. The van der Waals surface area contributed by atoms with Gasteiger partial charge in [-0.15, -0.1) is 0 Å². The lowest BCUT2D eigenvalue weighted by molar-refractivity contribution is -0.131. The van der Waals surface area contributed by atoms with E-state index in [1.165, 1.54) is 24.4 Å². The Bertz CT molecular complexity index is 1100. The number of likely N-dealkylation sites (N-methyl/N-ethyl adjacent to an activating group) is 1. The fourth-order valence-corrected chi connectivity index (χ4v) is 4.91. The van der Waals surface area contributed by atoms with Crippen LogP contribution in [-0.2, 0) is 26.9 Å². The van der Waals surface area contributed by atoms with Crippen molar-refractivity contribution in [3.63, 3.8) is 0 Å². The predicted molar refractivity (Wildman–Crippen MR) is 107 cm³/mol. The third kappa shape index (κ3) is 4.09. The van der Waals surface area contributed by atoms with E-state index in [0.29, 0.717) is 29.6 Å². The molecule has 1 heterocycles. The topological polar surface area (TPSA) is 59.4 Å². The highest BCUT2D eigenvalue weighted by atomic mass is 32.2. The number of nitrogens with zero attached hydrogens (tertiary/aromatic N) is 2. The van der Waals surface area contributed by atoms with Crippen LogP contribution in [0.2, 0.25) is 0 Å². The number of benzene rings is 2. The average Bonchev–Trinajstić information content (AvgIpc) is 3.02. The number of carbonyl (C=O) groups is 1. The van der Waals surface area contributed by atoms with Gasteiger partial charge in [-0.1, -0.05) is 30.3 Å². The van der Waals surface area contributed by atoms with Crippen molar-refractivity contribution in [1.29, 1.82) is 0 Å². The number of amides is 1. The zero-order valence-corrected chi connectivity index (χ0v) is 16.7. The minimum Gasteiger partial charge on any atom is -0.342 e. The molecule has 0 unspecified atom stereocenters. The lowest BCUT2D eigenvalue weighted by Gasteiger charge is -2.19. The van der Waals surface area contributed by atoms with Crippen LogP contribution in [0.25, 0.3) is 10.9 Å². The lowest BCUT2D eigenvalue weighted by Crippen LogP contribution is -2.33. The molecule has 0 atom stereocenters. The Hall–Kier alpha value is -2.67. The van der Waals surface area contributed by atoms with Gasteiger partial charge in [0, 0.05) is 30.2 Å². The second-order valence-electron chi connectivity index (χ2n) is 6.59. The molecule has 28 heavy (non-hydrogen) atoms. The van der Waals surface area contributed by atoms with E-state index in [4.69, 9.17) is 0 Å². The number of fused-ring (bicyclic) bond motifs is 1. The zero-order chi connectivity index (χ0) is 20.3. The van der Waals surface area contributed by atoms with Crippen molar-refractivity contribution < 1.29 is 17.6 Å². The van der Waals surface area contributed by atoms with Gasteiger partial charge in [0.1, 0.15) is 12.4 Å². The predicted octanol–water partition coefficient (Wildman–Crippen LogP) is 3.62. The van der Waals surface area contributed by atoms with Gasteiger partial charge in [-0.2, -0.15) is 0 Å². The van der Waals surface area contributed by atoms with Gasteiger partial charge in [0.2, 0.25) is 5.91 Å². The summed E-state index contributed by atoms with van der Waals surface area (Å²) >= 11 is 0. The standard InChI is InChI=1S/C21H23FN2O3S/c1-3-23(4-2)21(25)14-24-13-20(18-10-5-6-11-19(18)24)28(26,27)15-16-8-7-9-17(22)12-16/h5-13H,3-4,14-15H2,1-2H3. The van der Waals surface area contributed by atoms with Crippen LogP contribution in [0, 0.1) is 5.82 Å². The molecule has 0 aliphatic rings. The maximum absolute atomic E-state index is 13.4. The molecule has 0 fully saturated rings. The van der Waals surface area contributed by atoms with Gasteiger partial charge in [0.15, 0.2) is 9.84 Å². The second kappa shape index (κ2) is 8.14. The van der Waals surface area contributed by atoms with E-state index in [2.05, 4.69) is 0 Å². The Morgan fingerprint density at radius 3 is 2.46 bits per heavy atom. The van der Waals surface area contributed by atoms with Gasteiger partial charge in [0.05, 0.1) is 10.6 Å². The van der Waals surface area contributed by atoms with E-state index >= 15 is 0 Å². The van der Waals surface area contributed by atoms with Crippen LogP contribution >= 0.6 is 0 Å². The van der Waals surface area contributed by atoms with Crippen molar-refractivity contribution in [2.24, 2.45) is 0 Å². The molecule has 0 bridgehead atoms. The first kappa shape index (κ1) is 20.1. The van der Waals surface area contributed by atoms with Crippen LogP contribution in [0.4, 0.5) is 4.39 Å². The molecular formula is C21H23FN2O3S. The number of aromatic nitrogens is 1. The third-order valence-electron chi connectivity index (χ3n) is 4.75. The van der Waals surface area contributed by atoms with E-state index < -0.39 is 15.7 Å². The number of sulfone groups is 1. The van der Waals surface area contributed by atoms with Crippen molar-refractivity contribution in [1.82, 2.24) is 9.47 Å². The summed E-state index contributed by atoms with van der Waals surface area (Å²) in [4.78, 5) is 14.4. The molecule has 0 aliphatic heterocycles. The molecule has 0 saturated carbocycles. The number of rotatable bonds is 7. The number of hydrogen-bond acceptors (Lipinski definition) is 3. The summed E-state index contributed by atoms with van der Waals surface area (Å²) < 4.78 is 41.2. The Balaban J connectivity index is 2.01. The van der Waals surface area contributed by atoms with Crippen molar-refractivity contribution in [2.45, 2.75) is 31.0 Å². The highest BCUT2D eigenvalue weighted by molar-refractivity contribution is 7.90. The first-order valence-electron chi connectivity index (χ1n) is 9.18. The SMILES string of the molecule is CCN(CC)C(=O)Cn1cc(S(=O)(=O)Cc2cccc(F)c2)c2ccccc21. The van der Waals surface area contributed by atoms with E-state index in [1.54, 1.807) is 33.7 Å². The summed E-state index contributed by atoms with van der Waals surface area (Å²) in [6.07, 6.45) is 1.51. The maximum Gasteiger partial charge on any atom is 0.242 e. The summed E-state index contributed by atoms with van der Waals surface area (Å²) in [5.74, 6) is -0.845. The van der Waals surface area contributed by atoms with E-state index in [0.717, 1.165) is 0 Å². The Morgan fingerprint density at radius 1 is 1.07 bits per heavy atom. The molecule has 3 aromatic rings. The van der Waals surface area contributed by atoms with Crippen LogP contribution in [0.3, 0.4) is 0 Å². The summed E-state index contributed by atoms with van der Waals surface area (Å²) in [6.45, 7) is 5.07. The van der Waals surface area contributed by atoms with Gasteiger partial charge in [-0.3, -0.25) is 4.79 Å². The number of hydrogen-bond donors (Lipinski definition) is 0. The molecule has 2 aromatic carbocycles. The molecule has 0 N–H and O–H groups in total. The monoisotopic (exact) mass is 402 g/mol. The molecule has 0 saturated heterocycles. The minimum atomic E-state index is -3.72. The van der Waals surface area contributed by atoms with Crippen molar-refractivity contribution in [3.8, 4) is 0 Å². The van der Waals surface area contributed by atoms with Gasteiger partial charge in [-0.25, -0.2) is 12.8 Å². The number of carbonyl (C=O) groups excluding carboxylic acids is 1. The molecule has 3 rings (SSSR count). The lowest BCUT2D eigenvalue weighted by atomic mass is 10.2. The summed E-state index contributed by atoms with van der Waals surface area (Å²) in [5.41, 5.74) is 1.07. The van der Waals surface area contributed by atoms with Gasteiger partial charge < -0.3 is 9.47 Å². The van der Waals surface area contributed by atoms with Crippen molar-refractivity contribution >= 4 is 26.6 Å². The summed E-state index contributed by atoms with van der Waals surface area (Å²) in [7, 11) is -3.72. The van der Waals surface area contributed by atoms with Crippen LogP contribution in [0.15, 0.2) is 59.6 Å². The normalized spacial score (nSPS) is 11.7. The molecule has 0 spiro atoms. The van der Waals surface area contributed by atoms with E-state index in [9.17, 15) is 17.6 Å². The maximum atomic E-state index is 13.4. The van der Waals surface area contributed by atoms with Crippen molar-refractivity contribution in [3.05, 3.63) is 66.1 Å². The van der Waals surface area contributed by atoms with E-state index in [-0.39, 0.29) is 23.1 Å². The Labute approximate surface area is 164 Å². The smallest absolute Gasteiger partial charge is 0.242 e. The van der Waals surface area contributed by atoms with Crippen LogP contribution < -0.4 is 0 Å². The van der Waals surface area contributed by atoms with Crippen LogP contribution in [0.1, 0.15) is 19.4 Å². The second-order valence-corrected chi connectivity index (χ2v) is 8.55. The number of para-hydroxylation sites is 1. The molecule has 148 valence electrons. The minimum absolute atomic E-state index is 0.0671. The molecule has 1 aromatic heterocycles. The molecule has 5 nitrogen and oxygen atoms in total.